The van der Waals surface area contributed by atoms with Crippen LogP contribution in [0.3, 0.4) is 0 Å². The van der Waals surface area contributed by atoms with Gasteiger partial charge in [-0.25, -0.2) is 0 Å². The monoisotopic (exact) mass is 220 g/mol. The molecule has 0 amide bonds. The standard InChI is InChI=1S/C13H13ClO/c1-3-4-5-6-13(15)12-9-11(14)8-7-10(12)2/h1,7-9H,4-6H2,2H3. The summed E-state index contributed by atoms with van der Waals surface area (Å²) in [7, 11) is 0. The summed E-state index contributed by atoms with van der Waals surface area (Å²) in [6.07, 6.45) is 7.00. The molecule has 0 saturated heterocycles. The molecule has 2 heteroatoms. The molecular formula is C13H13ClO. The van der Waals surface area contributed by atoms with Gasteiger partial charge in [-0.15, -0.1) is 12.3 Å². The first-order valence-electron chi connectivity index (χ1n) is 4.88. The first-order chi connectivity index (χ1) is 7.15. The number of Topliss-reactive ketones (excluding diaryl/α,β-unsaturated/α-hetero) is 1. The minimum Gasteiger partial charge on any atom is -0.294 e. The van der Waals surface area contributed by atoms with E-state index in [1.165, 1.54) is 0 Å². The third kappa shape index (κ3) is 3.42. The zero-order valence-electron chi connectivity index (χ0n) is 8.72. The summed E-state index contributed by atoms with van der Waals surface area (Å²) in [6.45, 7) is 1.91. The van der Waals surface area contributed by atoms with Gasteiger partial charge in [0.1, 0.15) is 0 Å². The van der Waals surface area contributed by atoms with Crippen molar-refractivity contribution in [1.82, 2.24) is 0 Å². The molecule has 0 fully saturated rings. The summed E-state index contributed by atoms with van der Waals surface area (Å²) < 4.78 is 0. The number of carbonyl (C=O) groups is 1. The van der Waals surface area contributed by atoms with E-state index in [4.69, 9.17) is 18.0 Å². The summed E-state index contributed by atoms with van der Waals surface area (Å²) in [5, 5.41) is 0.598. The Kier molecular flexibility index (Phi) is 4.39. The summed E-state index contributed by atoms with van der Waals surface area (Å²) in [5.41, 5.74) is 1.67. The molecule has 0 aliphatic rings. The Hall–Kier alpha value is -1.26. The molecule has 1 aromatic carbocycles. The highest BCUT2D eigenvalue weighted by molar-refractivity contribution is 6.31. The predicted molar refractivity (Wildman–Crippen MR) is 63.2 cm³/mol. The number of unbranched alkanes of at least 4 members (excludes halogenated alkanes) is 1. The van der Waals surface area contributed by atoms with Crippen LogP contribution in [0.15, 0.2) is 18.2 Å². The molecular weight excluding hydrogens is 208 g/mol. The fourth-order valence-electron chi connectivity index (χ4n) is 1.38. The lowest BCUT2D eigenvalue weighted by Gasteiger charge is -2.04. The van der Waals surface area contributed by atoms with Crippen LogP contribution < -0.4 is 0 Å². The van der Waals surface area contributed by atoms with Crippen molar-refractivity contribution in [2.75, 3.05) is 0 Å². The second kappa shape index (κ2) is 5.58. The topological polar surface area (TPSA) is 17.1 Å². The van der Waals surface area contributed by atoms with Gasteiger partial charge in [-0.3, -0.25) is 4.79 Å². The zero-order chi connectivity index (χ0) is 11.3. The molecule has 0 aliphatic heterocycles. The molecule has 1 nitrogen and oxygen atoms in total. The Morgan fingerprint density at radius 1 is 1.53 bits per heavy atom. The van der Waals surface area contributed by atoms with E-state index < -0.39 is 0 Å². The summed E-state index contributed by atoms with van der Waals surface area (Å²) in [4.78, 5) is 11.8. The first-order valence-corrected chi connectivity index (χ1v) is 5.25. The van der Waals surface area contributed by atoms with E-state index in [1.54, 1.807) is 12.1 Å². The van der Waals surface area contributed by atoms with Crippen LogP contribution in [0.4, 0.5) is 0 Å². The van der Waals surface area contributed by atoms with Gasteiger partial charge >= 0.3 is 0 Å². The van der Waals surface area contributed by atoms with Crippen LogP contribution in [0.2, 0.25) is 5.02 Å². The number of hydrogen-bond acceptors (Lipinski definition) is 1. The fraction of sp³-hybridized carbons (Fsp3) is 0.308. The van der Waals surface area contributed by atoms with Crippen LogP contribution in [-0.2, 0) is 0 Å². The number of carbonyl (C=O) groups excluding carboxylic acids is 1. The number of rotatable bonds is 4. The van der Waals surface area contributed by atoms with Crippen molar-refractivity contribution in [2.45, 2.75) is 26.2 Å². The Morgan fingerprint density at radius 3 is 2.93 bits per heavy atom. The van der Waals surface area contributed by atoms with E-state index in [9.17, 15) is 4.79 Å². The van der Waals surface area contributed by atoms with Gasteiger partial charge in [0.15, 0.2) is 5.78 Å². The average molecular weight is 221 g/mol. The largest absolute Gasteiger partial charge is 0.294 e. The minimum absolute atomic E-state index is 0.116. The van der Waals surface area contributed by atoms with Crippen LogP contribution in [0.25, 0.3) is 0 Å². The molecule has 78 valence electrons. The molecule has 0 bridgehead atoms. The Morgan fingerprint density at radius 2 is 2.27 bits per heavy atom. The molecule has 0 spiro atoms. The molecule has 15 heavy (non-hydrogen) atoms. The van der Waals surface area contributed by atoms with Crippen LogP contribution in [0.5, 0.6) is 0 Å². The van der Waals surface area contributed by atoms with Gasteiger partial charge in [0, 0.05) is 23.4 Å². The number of aryl methyl sites for hydroxylation is 1. The van der Waals surface area contributed by atoms with E-state index in [-0.39, 0.29) is 5.78 Å². The minimum atomic E-state index is 0.116. The quantitative estimate of drug-likeness (QED) is 0.430. The highest BCUT2D eigenvalue weighted by Crippen LogP contribution is 2.17. The maximum atomic E-state index is 11.8. The van der Waals surface area contributed by atoms with Gasteiger partial charge in [-0.2, -0.15) is 0 Å². The second-order valence-electron chi connectivity index (χ2n) is 3.44. The fourth-order valence-corrected chi connectivity index (χ4v) is 1.55. The lowest BCUT2D eigenvalue weighted by molar-refractivity contribution is 0.0980. The highest BCUT2D eigenvalue weighted by Gasteiger charge is 2.08. The van der Waals surface area contributed by atoms with Crippen LogP contribution in [0.1, 0.15) is 35.2 Å². The average Bonchev–Trinajstić information content (AvgIpc) is 2.22. The van der Waals surface area contributed by atoms with Crippen molar-refractivity contribution in [3.63, 3.8) is 0 Å². The van der Waals surface area contributed by atoms with Gasteiger partial charge in [0.05, 0.1) is 0 Å². The van der Waals surface area contributed by atoms with E-state index in [0.717, 1.165) is 12.0 Å². The molecule has 0 unspecified atom stereocenters. The van der Waals surface area contributed by atoms with E-state index in [2.05, 4.69) is 5.92 Å². The maximum Gasteiger partial charge on any atom is 0.163 e. The number of halogens is 1. The summed E-state index contributed by atoms with van der Waals surface area (Å²) in [5.74, 6) is 2.64. The van der Waals surface area contributed by atoms with Gasteiger partial charge < -0.3 is 0 Å². The third-order valence-corrected chi connectivity index (χ3v) is 2.46. The highest BCUT2D eigenvalue weighted by atomic mass is 35.5. The molecule has 0 aromatic heterocycles. The summed E-state index contributed by atoms with van der Waals surface area (Å²) >= 11 is 5.84. The number of benzene rings is 1. The lowest BCUT2D eigenvalue weighted by atomic mass is 10.0. The normalized spacial score (nSPS) is 9.67. The maximum absolute atomic E-state index is 11.8. The number of hydrogen-bond donors (Lipinski definition) is 0. The van der Waals surface area contributed by atoms with E-state index in [0.29, 0.717) is 23.4 Å². The van der Waals surface area contributed by atoms with Crippen molar-refractivity contribution in [3.05, 3.63) is 34.3 Å². The molecule has 0 aliphatic carbocycles. The SMILES string of the molecule is C#CCCCC(=O)c1cc(Cl)ccc1C. The molecule has 0 atom stereocenters. The number of terminal acetylenes is 1. The molecule has 1 aromatic rings. The lowest BCUT2D eigenvalue weighted by Crippen LogP contribution is -2.01. The van der Waals surface area contributed by atoms with Crippen LogP contribution in [-0.4, -0.2) is 5.78 Å². The first kappa shape index (κ1) is 11.8. The van der Waals surface area contributed by atoms with Crippen molar-refractivity contribution in [2.24, 2.45) is 0 Å². The van der Waals surface area contributed by atoms with Crippen molar-refractivity contribution < 1.29 is 4.79 Å². The molecule has 1 rings (SSSR count). The van der Waals surface area contributed by atoms with Gasteiger partial charge in [0.25, 0.3) is 0 Å². The van der Waals surface area contributed by atoms with Gasteiger partial charge in [0.2, 0.25) is 0 Å². The van der Waals surface area contributed by atoms with E-state index in [1.807, 2.05) is 13.0 Å². The van der Waals surface area contributed by atoms with Crippen molar-refractivity contribution in [1.29, 1.82) is 0 Å². The Labute approximate surface area is 95.5 Å². The Balaban J connectivity index is 2.73. The zero-order valence-corrected chi connectivity index (χ0v) is 9.47. The number of ketones is 1. The van der Waals surface area contributed by atoms with Gasteiger partial charge in [-0.05, 0) is 31.0 Å². The molecule has 0 heterocycles. The smallest absolute Gasteiger partial charge is 0.163 e. The summed E-state index contributed by atoms with van der Waals surface area (Å²) in [6, 6.07) is 5.36. The van der Waals surface area contributed by atoms with Crippen LogP contribution >= 0.6 is 11.6 Å². The molecule has 0 saturated carbocycles. The third-order valence-electron chi connectivity index (χ3n) is 2.22. The van der Waals surface area contributed by atoms with Crippen molar-refractivity contribution in [3.8, 4) is 12.3 Å². The Bertz CT molecular complexity index is 401. The van der Waals surface area contributed by atoms with Crippen molar-refractivity contribution >= 4 is 17.4 Å². The molecule has 0 N–H and O–H groups in total. The molecule has 0 radical (unpaired) electrons. The van der Waals surface area contributed by atoms with E-state index >= 15 is 0 Å². The van der Waals surface area contributed by atoms with Crippen LogP contribution in [0, 0.1) is 19.3 Å². The van der Waals surface area contributed by atoms with Gasteiger partial charge in [-0.1, -0.05) is 17.7 Å². The predicted octanol–water partition coefficient (Wildman–Crippen LogP) is 3.63. The second-order valence-corrected chi connectivity index (χ2v) is 3.88.